The van der Waals surface area contributed by atoms with Crippen molar-refractivity contribution >= 4 is 22.9 Å². The molecule has 4 nitrogen and oxygen atoms in total. The Balaban J connectivity index is 1.90. The molecule has 1 atom stereocenters. The van der Waals surface area contributed by atoms with Crippen molar-refractivity contribution in [1.29, 1.82) is 0 Å². The third kappa shape index (κ3) is 2.63. The van der Waals surface area contributed by atoms with Crippen LogP contribution in [0.3, 0.4) is 0 Å². The Morgan fingerprint density at radius 2 is 2.50 bits per heavy atom. The van der Waals surface area contributed by atoms with Crippen LogP contribution >= 0.6 is 22.9 Å². The summed E-state index contributed by atoms with van der Waals surface area (Å²) in [7, 11) is 0. The lowest BCUT2D eigenvalue weighted by Gasteiger charge is -2.30. The van der Waals surface area contributed by atoms with Crippen molar-refractivity contribution in [2.75, 3.05) is 19.7 Å². The molecule has 0 aromatic carbocycles. The van der Waals surface area contributed by atoms with Gasteiger partial charge < -0.3 is 4.74 Å². The van der Waals surface area contributed by atoms with E-state index in [0.29, 0.717) is 10.6 Å². The van der Waals surface area contributed by atoms with Crippen LogP contribution in [0.1, 0.15) is 11.9 Å². The largest absolute Gasteiger partial charge is 0.376 e. The van der Waals surface area contributed by atoms with Gasteiger partial charge in [0.05, 0.1) is 19.3 Å². The fourth-order valence-electron chi connectivity index (χ4n) is 1.52. The zero-order chi connectivity index (χ0) is 9.97. The molecule has 14 heavy (non-hydrogen) atoms. The summed E-state index contributed by atoms with van der Waals surface area (Å²) < 4.78 is 5.97. The molecule has 0 aliphatic carbocycles. The molecule has 1 aromatic rings. The summed E-state index contributed by atoms with van der Waals surface area (Å²) in [6.45, 7) is 5.63. The molecule has 0 radical (unpaired) electrons. The molecule has 2 heterocycles. The molecule has 0 amide bonds. The molecule has 1 aliphatic rings. The molecule has 0 spiro atoms. The van der Waals surface area contributed by atoms with Crippen LogP contribution in [0.4, 0.5) is 0 Å². The van der Waals surface area contributed by atoms with E-state index in [0.717, 1.165) is 31.2 Å². The molecule has 78 valence electrons. The van der Waals surface area contributed by atoms with Gasteiger partial charge in [-0.3, -0.25) is 4.90 Å². The van der Waals surface area contributed by atoms with E-state index in [2.05, 4.69) is 22.0 Å². The van der Waals surface area contributed by atoms with Gasteiger partial charge in [0.2, 0.25) is 4.47 Å². The zero-order valence-corrected chi connectivity index (χ0v) is 9.51. The van der Waals surface area contributed by atoms with Gasteiger partial charge >= 0.3 is 0 Å². The van der Waals surface area contributed by atoms with Crippen LogP contribution in [0.5, 0.6) is 0 Å². The van der Waals surface area contributed by atoms with Crippen LogP contribution < -0.4 is 0 Å². The van der Waals surface area contributed by atoms with E-state index >= 15 is 0 Å². The second kappa shape index (κ2) is 4.53. The highest BCUT2D eigenvalue weighted by Gasteiger charge is 2.17. The lowest BCUT2D eigenvalue weighted by Crippen LogP contribution is -2.40. The molecule has 1 unspecified atom stereocenters. The van der Waals surface area contributed by atoms with E-state index in [9.17, 15) is 0 Å². The maximum absolute atomic E-state index is 5.71. The van der Waals surface area contributed by atoms with Crippen molar-refractivity contribution in [3.05, 3.63) is 9.47 Å². The fourth-order valence-corrected chi connectivity index (χ4v) is 2.43. The number of halogens is 1. The average molecular weight is 234 g/mol. The van der Waals surface area contributed by atoms with Crippen molar-refractivity contribution in [2.24, 2.45) is 0 Å². The van der Waals surface area contributed by atoms with E-state index < -0.39 is 0 Å². The maximum atomic E-state index is 5.71. The van der Waals surface area contributed by atoms with Crippen LogP contribution in [0, 0.1) is 0 Å². The number of rotatable bonds is 2. The van der Waals surface area contributed by atoms with Crippen LogP contribution in [-0.2, 0) is 11.3 Å². The number of morpholine rings is 1. The summed E-state index contributed by atoms with van der Waals surface area (Å²) >= 11 is 7.15. The predicted molar refractivity (Wildman–Crippen MR) is 55.6 cm³/mol. The van der Waals surface area contributed by atoms with E-state index in [1.807, 2.05) is 0 Å². The lowest BCUT2D eigenvalue weighted by molar-refractivity contribution is -0.0212. The van der Waals surface area contributed by atoms with Gasteiger partial charge in [0, 0.05) is 13.1 Å². The summed E-state index contributed by atoms with van der Waals surface area (Å²) in [6, 6.07) is 0. The van der Waals surface area contributed by atoms with Crippen molar-refractivity contribution in [2.45, 2.75) is 19.6 Å². The fraction of sp³-hybridized carbons (Fsp3) is 0.750. The Kier molecular flexibility index (Phi) is 3.33. The Labute approximate surface area is 91.8 Å². The third-order valence-corrected chi connectivity index (χ3v) is 3.13. The van der Waals surface area contributed by atoms with Crippen LogP contribution in [0.25, 0.3) is 0 Å². The first-order valence-corrected chi connectivity index (χ1v) is 5.75. The van der Waals surface area contributed by atoms with Gasteiger partial charge in [-0.05, 0) is 18.5 Å². The van der Waals surface area contributed by atoms with Gasteiger partial charge in [0.15, 0.2) is 0 Å². The second-order valence-corrected chi connectivity index (χ2v) is 5.01. The zero-order valence-electron chi connectivity index (χ0n) is 7.94. The number of hydrogen-bond acceptors (Lipinski definition) is 5. The molecule has 6 heteroatoms. The summed E-state index contributed by atoms with van der Waals surface area (Å²) in [5.41, 5.74) is 0. The van der Waals surface area contributed by atoms with Crippen LogP contribution in [-0.4, -0.2) is 40.9 Å². The summed E-state index contributed by atoms with van der Waals surface area (Å²) in [6.07, 6.45) is 0.312. The first kappa shape index (κ1) is 10.3. The molecule has 1 aliphatic heterocycles. The Morgan fingerprint density at radius 1 is 1.64 bits per heavy atom. The average Bonchev–Trinajstić information content (AvgIpc) is 2.51. The van der Waals surface area contributed by atoms with Gasteiger partial charge in [0.1, 0.15) is 5.01 Å². The predicted octanol–water partition coefficient (Wildman–Crippen LogP) is 1.41. The Hall–Kier alpha value is -0.230. The van der Waals surface area contributed by atoms with E-state index in [-0.39, 0.29) is 0 Å². The standard InChI is InChI=1S/C8H12ClN3OS/c1-6-4-12(2-3-13-6)5-7-10-11-8(9)14-7/h6H,2-5H2,1H3. The number of nitrogens with zero attached hydrogens (tertiary/aromatic N) is 3. The van der Waals surface area contributed by atoms with Crippen molar-refractivity contribution in [3.8, 4) is 0 Å². The topological polar surface area (TPSA) is 38.2 Å². The second-order valence-electron chi connectivity index (χ2n) is 3.37. The Bertz CT molecular complexity index is 307. The van der Waals surface area contributed by atoms with E-state index in [1.165, 1.54) is 11.3 Å². The molecule has 2 rings (SSSR count). The number of hydrogen-bond donors (Lipinski definition) is 0. The minimum absolute atomic E-state index is 0.312. The Morgan fingerprint density at radius 3 is 3.14 bits per heavy atom. The van der Waals surface area contributed by atoms with Crippen molar-refractivity contribution in [1.82, 2.24) is 15.1 Å². The summed E-state index contributed by atoms with van der Waals surface area (Å²) in [5, 5.41) is 8.74. The SMILES string of the molecule is CC1CN(Cc2nnc(Cl)s2)CCO1. The molecular weight excluding hydrogens is 222 g/mol. The quantitative estimate of drug-likeness (QED) is 0.774. The van der Waals surface area contributed by atoms with Crippen molar-refractivity contribution < 1.29 is 4.74 Å². The van der Waals surface area contributed by atoms with Crippen LogP contribution in [0.2, 0.25) is 4.47 Å². The van der Waals surface area contributed by atoms with Gasteiger partial charge in [-0.2, -0.15) is 0 Å². The highest BCUT2D eigenvalue weighted by molar-refractivity contribution is 7.15. The molecule has 0 N–H and O–H groups in total. The summed E-state index contributed by atoms with van der Waals surface area (Å²) in [4.78, 5) is 2.31. The highest BCUT2D eigenvalue weighted by Crippen LogP contribution is 2.17. The van der Waals surface area contributed by atoms with Gasteiger partial charge in [-0.25, -0.2) is 0 Å². The molecule has 1 aromatic heterocycles. The van der Waals surface area contributed by atoms with Crippen LogP contribution in [0.15, 0.2) is 0 Å². The monoisotopic (exact) mass is 233 g/mol. The minimum Gasteiger partial charge on any atom is -0.376 e. The van der Waals surface area contributed by atoms with E-state index in [1.54, 1.807) is 0 Å². The molecule has 0 bridgehead atoms. The molecule has 0 saturated carbocycles. The molecular formula is C8H12ClN3OS. The minimum atomic E-state index is 0.312. The first-order chi connectivity index (χ1) is 6.74. The van der Waals surface area contributed by atoms with Gasteiger partial charge in [-0.15, -0.1) is 10.2 Å². The highest BCUT2D eigenvalue weighted by atomic mass is 35.5. The van der Waals surface area contributed by atoms with E-state index in [4.69, 9.17) is 16.3 Å². The van der Waals surface area contributed by atoms with Gasteiger partial charge in [-0.1, -0.05) is 11.3 Å². The normalized spacial score (nSPS) is 24.0. The third-order valence-electron chi connectivity index (χ3n) is 2.13. The lowest BCUT2D eigenvalue weighted by atomic mass is 10.3. The summed E-state index contributed by atoms with van der Waals surface area (Å²) in [5.74, 6) is 0. The number of ether oxygens (including phenoxy) is 1. The number of aromatic nitrogens is 2. The first-order valence-electron chi connectivity index (χ1n) is 4.56. The molecule has 1 saturated heterocycles. The smallest absolute Gasteiger partial charge is 0.207 e. The van der Waals surface area contributed by atoms with Gasteiger partial charge in [0.25, 0.3) is 0 Å². The van der Waals surface area contributed by atoms with Crippen molar-refractivity contribution in [3.63, 3.8) is 0 Å². The maximum Gasteiger partial charge on any atom is 0.207 e. The molecule has 1 fully saturated rings.